The van der Waals surface area contributed by atoms with Gasteiger partial charge >= 0.3 is 0 Å². The van der Waals surface area contributed by atoms with Crippen molar-refractivity contribution < 1.29 is 4.79 Å². The van der Waals surface area contributed by atoms with Crippen molar-refractivity contribution in [3.8, 4) is 0 Å². The molecule has 2 rings (SSSR count). The molecule has 1 aliphatic heterocycles. The van der Waals surface area contributed by atoms with Gasteiger partial charge in [-0.15, -0.1) is 0 Å². The summed E-state index contributed by atoms with van der Waals surface area (Å²) in [5.74, 6) is 0.360. The summed E-state index contributed by atoms with van der Waals surface area (Å²) in [6, 6.07) is 9.73. The van der Waals surface area contributed by atoms with E-state index in [4.69, 9.17) is 0 Å². The van der Waals surface area contributed by atoms with Gasteiger partial charge < -0.3 is 0 Å². The minimum absolute atomic E-state index is 0.0999. The van der Waals surface area contributed by atoms with Crippen molar-refractivity contribution in [1.82, 2.24) is 0 Å². The fourth-order valence-electron chi connectivity index (χ4n) is 1.98. The first-order chi connectivity index (χ1) is 8.65. The fraction of sp³-hybridized carbons (Fsp3) is 0.400. The van der Waals surface area contributed by atoms with Crippen LogP contribution < -0.4 is 0 Å². The van der Waals surface area contributed by atoms with E-state index in [-0.39, 0.29) is 11.9 Å². The Bertz CT molecular complexity index is 475. The zero-order valence-corrected chi connectivity index (χ0v) is 10.8. The minimum atomic E-state index is -0.274. The molecule has 0 radical (unpaired) electrons. The van der Waals surface area contributed by atoms with Gasteiger partial charge in [-0.3, -0.25) is 9.79 Å². The number of hydrogen-bond donors (Lipinski definition) is 0. The van der Waals surface area contributed by atoms with Gasteiger partial charge in [0, 0.05) is 12.6 Å². The number of carbonyl (C=O) groups excluding carboxylic acids is 1. The number of hydrogen-bond acceptors (Lipinski definition) is 2. The Kier molecular flexibility index (Phi) is 4.03. The van der Waals surface area contributed by atoms with Gasteiger partial charge in [0.15, 0.2) is 0 Å². The standard InChI is InChI=1S/C15H18N2O/c1-11(2)8-14-15(18)17-13(10-16-14)9-12-6-4-3-5-7-12/h3-7,10-11,14H,8-9H2,1-2H3. The fourth-order valence-corrected chi connectivity index (χ4v) is 1.98. The quantitative estimate of drug-likeness (QED) is 0.800. The number of aliphatic imine (C=N–C) groups is 2. The van der Waals surface area contributed by atoms with Crippen molar-refractivity contribution in [1.29, 1.82) is 0 Å². The molecule has 0 aliphatic carbocycles. The van der Waals surface area contributed by atoms with Crippen molar-refractivity contribution in [3.63, 3.8) is 0 Å². The summed E-state index contributed by atoms with van der Waals surface area (Å²) in [4.78, 5) is 20.3. The Morgan fingerprint density at radius 1 is 1.22 bits per heavy atom. The summed E-state index contributed by atoms with van der Waals surface area (Å²) < 4.78 is 0. The third-order valence-corrected chi connectivity index (χ3v) is 2.87. The van der Waals surface area contributed by atoms with Gasteiger partial charge in [-0.2, -0.15) is 0 Å². The molecule has 3 nitrogen and oxygen atoms in total. The van der Waals surface area contributed by atoms with Crippen LogP contribution in [0, 0.1) is 5.92 Å². The highest BCUT2D eigenvalue weighted by atomic mass is 16.1. The van der Waals surface area contributed by atoms with Crippen LogP contribution in [-0.4, -0.2) is 23.9 Å². The summed E-state index contributed by atoms with van der Waals surface area (Å²) in [5.41, 5.74) is 1.91. The van der Waals surface area contributed by atoms with Gasteiger partial charge in [0.2, 0.25) is 0 Å². The van der Waals surface area contributed by atoms with Crippen LogP contribution >= 0.6 is 0 Å². The normalized spacial score (nSPS) is 19.2. The average molecular weight is 242 g/mol. The number of amides is 1. The van der Waals surface area contributed by atoms with Gasteiger partial charge in [0.25, 0.3) is 5.91 Å². The van der Waals surface area contributed by atoms with Crippen LogP contribution in [0.1, 0.15) is 25.8 Å². The zero-order valence-electron chi connectivity index (χ0n) is 10.8. The van der Waals surface area contributed by atoms with Gasteiger partial charge in [-0.25, -0.2) is 4.99 Å². The van der Waals surface area contributed by atoms with E-state index in [0.717, 1.165) is 17.7 Å². The predicted molar refractivity (Wildman–Crippen MR) is 74.3 cm³/mol. The Labute approximate surface area is 108 Å². The highest BCUT2D eigenvalue weighted by molar-refractivity contribution is 6.34. The summed E-state index contributed by atoms with van der Waals surface area (Å²) in [5, 5.41) is 0. The van der Waals surface area contributed by atoms with E-state index in [2.05, 4.69) is 23.8 Å². The molecule has 1 unspecified atom stereocenters. The summed E-state index contributed by atoms with van der Waals surface area (Å²) in [6.45, 7) is 4.18. The lowest BCUT2D eigenvalue weighted by atomic mass is 10.0. The van der Waals surface area contributed by atoms with Crippen molar-refractivity contribution in [2.75, 3.05) is 0 Å². The molecule has 1 atom stereocenters. The SMILES string of the molecule is CC(C)CC1N=CC(Cc2ccccc2)=NC1=O. The third kappa shape index (κ3) is 3.36. The second-order valence-electron chi connectivity index (χ2n) is 5.03. The molecule has 0 bridgehead atoms. The second-order valence-corrected chi connectivity index (χ2v) is 5.03. The molecule has 1 heterocycles. The van der Waals surface area contributed by atoms with Crippen molar-refractivity contribution in [2.24, 2.45) is 15.9 Å². The molecule has 1 aromatic rings. The largest absolute Gasteiger partial charge is 0.278 e. The molecule has 18 heavy (non-hydrogen) atoms. The molecule has 0 aromatic heterocycles. The maximum atomic E-state index is 11.8. The highest BCUT2D eigenvalue weighted by Gasteiger charge is 2.21. The molecular weight excluding hydrogens is 224 g/mol. The van der Waals surface area contributed by atoms with Crippen molar-refractivity contribution in [2.45, 2.75) is 32.7 Å². The van der Waals surface area contributed by atoms with E-state index in [0.29, 0.717) is 12.3 Å². The van der Waals surface area contributed by atoms with E-state index < -0.39 is 0 Å². The first-order valence-electron chi connectivity index (χ1n) is 6.33. The Hall–Kier alpha value is -1.77. The van der Waals surface area contributed by atoms with Crippen LogP contribution in [0.15, 0.2) is 40.3 Å². The predicted octanol–water partition coefficient (Wildman–Crippen LogP) is 2.70. The lowest BCUT2D eigenvalue weighted by Gasteiger charge is -2.15. The van der Waals surface area contributed by atoms with Crippen molar-refractivity contribution in [3.05, 3.63) is 35.9 Å². The van der Waals surface area contributed by atoms with Gasteiger partial charge in [0.1, 0.15) is 6.04 Å². The van der Waals surface area contributed by atoms with Crippen LogP contribution in [0.2, 0.25) is 0 Å². The number of carbonyl (C=O) groups is 1. The van der Waals surface area contributed by atoms with Crippen LogP contribution in [0.25, 0.3) is 0 Å². The maximum absolute atomic E-state index is 11.8. The summed E-state index contributed by atoms with van der Waals surface area (Å²) in [6.07, 6.45) is 3.20. The minimum Gasteiger partial charge on any atom is -0.278 e. The second kappa shape index (κ2) is 5.71. The Balaban J connectivity index is 2.02. The molecule has 0 fully saturated rings. The van der Waals surface area contributed by atoms with Crippen LogP contribution in [0.3, 0.4) is 0 Å². The Morgan fingerprint density at radius 2 is 1.94 bits per heavy atom. The topological polar surface area (TPSA) is 41.8 Å². The highest BCUT2D eigenvalue weighted by Crippen LogP contribution is 2.13. The summed E-state index contributed by atoms with van der Waals surface area (Å²) in [7, 11) is 0. The first-order valence-corrected chi connectivity index (χ1v) is 6.33. The van der Waals surface area contributed by atoms with E-state index in [1.807, 2.05) is 30.3 Å². The number of nitrogens with zero attached hydrogens (tertiary/aromatic N) is 2. The molecule has 94 valence electrons. The summed E-state index contributed by atoms with van der Waals surface area (Å²) >= 11 is 0. The van der Waals surface area contributed by atoms with E-state index in [1.165, 1.54) is 0 Å². The zero-order chi connectivity index (χ0) is 13.0. The van der Waals surface area contributed by atoms with Crippen LogP contribution in [-0.2, 0) is 11.2 Å². The van der Waals surface area contributed by atoms with Crippen LogP contribution in [0.5, 0.6) is 0 Å². The lowest BCUT2D eigenvalue weighted by molar-refractivity contribution is -0.119. The maximum Gasteiger partial charge on any atom is 0.270 e. The smallest absolute Gasteiger partial charge is 0.270 e. The van der Waals surface area contributed by atoms with Gasteiger partial charge in [0.05, 0.1) is 5.71 Å². The number of rotatable bonds is 4. The van der Waals surface area contributed by atoms with Crippen LogP contribution in [0.4, 0.5) is 0 Å². The average Bonchev–Trinajstić information content (AvgIpc) is 2.33. The lowest BCUT2D eigenvalue weighted by Crippen LogP contribution is -2.26. The van der Waals surface area contributed by atoms with Crippen molar-refractivity contribution >= 4 is 17.8 Å². The third-order valence-electron chi connectivity index (χ3n) is 2.87. The number of benzene rings is 1. The molecule has 1 amide bonds. The molecule has 1 aliphatic rings. The molecule has 0 saturated heterocycles. The van der Waals surface area contributed by atoms with Gasteiger partial charge in [-0.1, -0.05) is 44.2 Å². The first kappa shape index (κ1) is 12.7. The van der Waals surface area contributed by atoms with Gasteiger partial charge in [-0.05, 0) is 17.9 Å². The molecule has 0 spiro atoms. The molecule has 3 heteroatoms. The monoisotopic (exact) mass is 242 g/mol. The molecule has 0 N–H and O–H groups in total. The molecular formula is C15H18N2O. The Morgan fingerprint density at radius 3 is 2.56 bits per heavy atom. The molecule has 0 saturated carbocycles. The van der Waals surface area contributed by atoms with E-state index >= 15 is 0 Å². The van der Waals surface area contributed by atoms with E-state index in [1.54, 1.807) is 6.21 Å². The van der Waals surface area contributed by atoms with E-state index in [9.17, 15) is 4.79 Å². The molecule has 1 aromatic carbocycles.